The zero-order chi connectivity index (χ0) is 36.1. The SMILES string of the molecule is CC(C)C(C(=O)O)C(C)C(C(=O)O)C(C)C(C(=O)O)C(C)C(C)C(=O)Oc1c(I)cc(Oc2c(I)cc(CC(=O)O)cc2I)cc1I. The lowest BCUT2D eigenvalue weighted by atomic mass is 9.66. The summed E-state index contributed by atoms with van der Waals surface area (Å²) in [5, 5.41) is 39.3. The number of carboxylic acids is 4. The van der Waals surface area contributed by atoms with Gasteiger partial charge in [-0.25, -0.2) is 0 Å². The number of halogens is 4. The molecule has 0 fully saturated rings. The van der Waals surface area contributed by atoms with Crippen molar-refractivity contribution in [1.82, 2.24) is 0 Å². The Morgan fingerprint density at radius 1 is 0.617 bits per heavy atom. The molecule has 0 aromatic heterocycles. The summed E-state index contributed by atoms with van der Waals surface area (Å²) in [4.78, 5) is 61.5. The van der Waals surface area contributed by atoms with Crippen molar-refractivity contribution in [1.29, 1.82) is 0 Å². The summed E-state index contributed by atoms with van der Waals surface area (Å²) in [6, 6.07) is 6.82. The smallest absolute Gasteiger partial charge is 0.314 e. The number of carboxylic acid groups (broad SMARTS) is 4. The van der Waals surface area contributed by atoms with Crippen molar-refractivity contribution in [2.24, 2.45) is 47.3 Å². The van der Waals surface area contributed by atoms with Crippen LogP contribution in [0, 0.1) is 61.6 Å². The Balaban J connectivity index is 2.32. The molecule has 0 radical (unpaired) electrons. The Kier molecular flexibility index (Phi) is 15.9. The monoisotopic (exact) mass is 1100 g/mol. The molecule has 0 bridgehead atoms. The number of carbonyl (C=O) groups is 5. The van der Waals surface area contributed by atoms with E-state index in [2.05, 4.69) is 45.2 Å². The predicted octanol–water partition coefficient (Wildman–Crippen LogP) is 7.73. The molecule has 0 aliphatic rings. The van der Waals surface area contributed by atoms with Gasteiger partial charge in [-0.05, 0) is 144 Å². The van der Waals surface area contributed by atoms with Crippen LogP contribution in [-0.4, -0.2) is 50.3 Å². The van der Waals surface area contributed by atoms with Crippen LogP contribution in [0.2, 0.25) is 0 Å². The fourth-order valence-corrected chi connectivity index (χ4v) is 9.99. The van der Waals surface area contributed by atoms with Crippen molar-refractivity contribution in [2.75, 3.05) is 0 Å². The number of hydrogen-bond acceptors (Lipinski definition) is 7. The van der Waals surface area contributed by atoms with Crippen molar-refractivity contribution >= 4 is 120 Å². The van der Waals surface area contributed by atoms with E-state index < -0.39 is 71.3 Å². The molecule has 0 saturated heterocycles. The Hall–Kier alpha value is -1.49. The van der Waals surface area contributed by atoms with E-state index >= 15 is 0 Å². The first-order valence-corrected chi connectivity index (χ1v) is 18.8. The molecule has 0 amide bonds. The lowest BCUT2D eigenvalue weighted by Crippen LogP contribution is -2.44. The van der Waals surface area contributed by atoms with Crippen molar-refractivity contribution in [2.45, 2.75) is 48.0 Å². The number of ether oxygens (including phenoxy) is 2. The van der Waals surface area contributed by atoms with Gasteiger partial charge in [0.05, 0.1) is 44.4 Å². The maximum absolute atomic E-state index is 13.4. The normalized spacial score (nSPS) is 15.9. The summed E-state index contributed by atoms with van der Waals surface area (Å²) in [5.41, 5.74) is 0.640. The summed E-state index contributed by atoms with van der Waals surface area (Å²) < 4.78 is 14.4. The zero-order valence-electron chi connectivity index (χ0n) is 26.3. The second-order valence-corrected chi connectivity index (χ2v) is 16.5. The largest absolute Gasteiger partial charge is 0.481 e. The summed E-state index contributed by atoms with van der Waals surface area (Å²) in [6.45, 7) is 9.44. The molecule has 0 heterocycles. The third-order valence-electron chi connectivity index (χ3n) is 8.37. The Morgan fingerprint density at radius 3 is 1.43 bits per heavy atom. The van der Waals surface area contributed by atoms with E-state index in [9.17, 15) is 39.3 Å². The van der Waals surface area contributed by atoms with Crippen molar-refractivity contribution < 1.29 is 53.9 Å². The molecule has 0 aliphatic carbocycles. The van der Waals surface area contributed by atoms with Crippen LogP contribution in [0.5, 0.6) is 17.2 Å². The van der Waals surface area contributed by atoms with E-state index in [1.165, 1.54) is 20.8 Å². The molecule has 7 unspecified atom stereocenters. The number of carbonyl (C=O) groups excluding carboxylic acids is 1. The molecular weight excluding hydrogens is 1070 g/mol. The Bertz CT molecular complexity index is 1480. The second-order valence-electron chi connectivity index (χ2n) is 11.9. The number of esters is 1. The van der Waals surface area contributed by atoms with Gasteiger partial charge < -0.3 is 29.9 Å². The van der Waals surface area contributed by atoms with Gasteiger partial charge in [-0.15, -0.1) is 0 Å². The van der Waals surface area contributed by atoms with Gasteiger partial charge in [0.1, 0.15) is 5.75 Å². The Labute approximate surface area is 327 Å². The zero-order valence-corrected chi connectivity index (χ0v) is 34.9. The average molecular weight is 1100 g/mol. The molecule has 2 aromatic rings. The highest BCUT2D eigenvalue weighted by atomic mass is 127. The fraction of sp³-hybridized carbons (Fsp3) is 0.469. The molecule has 4 N–H and O–H groups in total. The molecule has 7 atom stereocenters. The van der Waals surface area contributed by atoms with Crippen LogP contribution >= 0.6 is 90.4 Å². The van der Waals surface area contributed by atoms with E-state index in [1.54, 1.807) is 45.0 Å². The maximum Gasteiger partial charge on any atom is 0.314 e. The van der Waals surface area contributed by atoms with Gasteiger partial charge in [0.25, 0.3) is 0 Å². The maximum atomic E-state index is 13.4. The minimum absolute atomic E-state index is 0.117. The van der Waals surface area contributed by atoms with Crippen LogP contribution in [0.1, 0.15) is 47.1 Å². The van der Waals surface area contributed by atoms with Crippen LogP contribution in [0.4, 0.5) is 0 Å². The quantitative estimate of drug-likeness (QED) is 0.0733. The molecule has 0 aliphatic heterocycles. The highest BCUT2D eigenvalue weighted by Crippen LogP contribution is 2.41. The summed E-state index contributed by atoms with van der Waals surface area (Å²) in [6.07, 6.45) is -0.117. The number of benzene rings is 2. The van der Waals surface area contributed by atoms with Gasteiger partial charge in [-0.3, -0.25) is 24.0 Å². The van der Waals surface area contributed by atoms with E-state index in [4.69, 9.17) is 14.6 Å². The van der Waals surface area contributed by atoms with Gasteiger partial charge in [0.2, 0.25) is 0 Å². The average Bonchev–Trinajstić information content (AvgIpc) is 2.91. The molecule has 258 valence electrons. The third kappa shape index (κ3) is 10.7. The molecule has 11 nitrogen and oxygen atoms in total. The van der Waals surface area contributed by atoms with Crippen LogP contribution in [0.25, 0.3) is 0 Å². The fourth-order valence-electron chi connectivity index (χ4n) is 5.94. The van der Waals surface area contributed by atoms with Crippen LogP contribution in [0.15, 0.2) is 24.3 Å². The van der Waals surface area contributed by atoms with E-state index in [1.807, 2.05) is 45.2 Å². The van der Waals surface area contributed by atoms with Gasteiger partial charge in [0.15, 0.2) is 11.5 Å². The van der Waals surface area contributed by atoms with Gasteiger partial charge >= 0.3 is 29.8 Å². The minimum atomic E-state index is -1.29. The second kappa shape index (κ2) is 18.0. The molecular formula is C32H36I4O11. The number of hydrogen-bond donors (Lipinski definition) is 4. The highest BCUT2D eigenvalue weighted by Gasteiger charge is 2.46. The summed E-state index contributed by atoms with van der Waals surface area (Å²) in [5.74, 6) is -11.8. The van der Waals surface area contributed by atoms with Crippen molar-refractivity contribution in [3.63, 3.8) is 0 Å². The third-order valence-corrected chi connectivity index (χ3v) is 11.6. The Morgan fingerprint density at radius 2 is 1.02 bits per heavy atom. The first-order valence-electron chi connectivity index (χ1n) is 14.5. The summed E-state index contributed by atoms with van der Waals surface area (Å²) >= 11 is 8.15. The first-order chi connectivity index (χ1) is 21.7. The van der Waals surface area contributed by atoms with Gasteiger partial charge in [-0.1, -0.05) is 41.5 Å². The first kappa shape index (κ1) is 41.7. The lowest BCUT2D eigenvalue weighted by molar-refractivity contribution is -0.157. The van der Waals surface area contributed by atoms with Crippen LogP contribution in [-0.2, 0) is 30.4 Å². The van der Waals surface area contributed by atoms with Gasteiger partial charge in [-0.2, -0.15) is 0 Å². The predicted molar refractivity (Wildman–Crippen MR) is 206 cm³/mol. The topological polar surface area (TPSA) is 185 Å². The molecule has 0 saturated carbocycles. The van der Waals surface area contributed by atoms with E-state index in [0.717, 1.165) is 7.14 Å². The van der Waals surface area contributed by atoms with E-state index in [0.29, 0.717) is 24.2 Å². The molecule has 0 spiro atoms. The molecule has 2 rings (SSSR count). The molecule has 2 aromatic carbocycles. The molecule has 15 heteroatoms. The van der Waals surface area contributed by atoms with Gasteiger partial charge in [0, 0.05) is 0 Å². The van der Waals surface area contributed by atoms with Crippen LogP contribution in [0.3, 0.4) is 0 Å². The lowest BCUT2D eigenvalue weighted by Gasteiger charge is -2.37. The van der Waals surface area contributed by atoms with E-state index in [-0.39, 0.29) is 18.1 Å². The number of aliphatic carboxylic acids is 4. The highest BCUT2D eigenvalue weighted by molar-refractivity contribution is 14.1. The summed E-state index contributed by atoms with van der Waals surface area (Å²) in [7, 11) is 0. The van der Waals surface area contributed by atoms with Crippen molar-refractivity contribution in [3.8, 4) is 17.2 Å². The van der Waals surface area contributed by atoms with Crippen LogP contribution < -0.4 is 9.47 Å². The minimum Gasteiger partial charge on any atom is -0.481 e. The number of rotatable bonds is 16. The standard InChI is InChI=1S/C32H36I4O11/c1-12(2)24(29(39)40)15(5)26(31(43)44)16(6)25(30(41)42)13(3)14(4)32(45)47-28-21(35)10-18(11-22(28)36)46-27-19(33)7-17(8-20(27)34)9-23(37)38/h7-8,10-16,24-26H,9H2,1-6H3,(H,37,38)(H,39,40)(H,41,42)(H,43,44). The molecule has 47 heavy (non-hydrogen) atoms. The van der Waals surface area contributed by atoms with Crippen molar-refractivity contribution in [3.05, 3.63) is 44.1 Å².